The topological polar surface area (TPSA) is 46.3 Å². The maximum absolute atomic E-state index is 13.0. The molecule has 1 aromatic carbocycles. The van der Waals surface area contributed by atoms with Crippen molar-refractivity contribution in [2.45, 2.75) is 19.9 Å². The summed E-state index contributed by atoms with van der Waals surface area (Å²) in [5.74, 6) is -0.297. The molecule has 0 saturated carbocycles. The Labute approximate surface area is 128 Å². The highest BCUT2D eigenvalue weighted by Gasteiger charge is 2.20. The van der Waals surface area contributed by atoms with Gasteiger partial charge in [0, 0.05) is 24.5 Å². The van der Waals surface area contributed by atoms with E-state index in [1.165, 1.54) is 23.5 Å². The molecule has 1 unspecified atom stereocenters. The van der Waals surface area contributed by atoms with Crippen LogP contribution in [0.25, 0.3) is 11.1 Å². The second kappa shape index (κ2) is 6.37. The molecule has 0 spiro atoms. The Bertz CT molecular complexity index is 636. The number of benzene rings is 1. The molecule has 0 saturated heterocycles. The summed E-state index contributed by atoms with van der Waals surface area (Å²) in [5.41, 5.74) is 7.49. The third kappa shape index (κ3) is 3.31. The number of carbonyl (C=O) groups excluding carboxylic acids is 1. The van der Waals surface area contributed by atoms with Gasteiger partial charge >= 0.3 is 0 Å². The number of thiophene rings is 1. The maximum atomic E-state index is 13.0. The van der Waals surface area contributed by atoms with E-state index in [0.717, 1.165) is 16.0 Å². The number of rotatable bonds is 4. The van der Waals surface area contributed by atoms with E-state index in [4.69, 9.17) is 5.73 Å². The fourth-order valence-corrected chi connectivity index (χ4v) is 3.06. The van der Waals surface area contributed by atoms with Crippen molar-refractivity contribution in [1.82, 2.24) is 4.90 Å². The molecule has 1 heterocycles. The molecule has 3 nitrogen and oxygen atoms in total. The fourth-order valence-electron chi connectivity index (χ4n) is 2.04. The Kier molecular flexibility index (Phi) is 4.75. The number of likely N-dealkylation sites (N-methyl/N-ethyl adjacent to an activating group) is 1. The van der Waals surface area contributed by atoms with E-state index in [0.29, 0.717) is 11.4 Å². The summed E-state index contributed by atoms with van der Waals surface area (Å²) in [4.78, 5) is 15.8. The first-order chi connectivity index (χ1) is 9.93. The van der Waals surface area contributed by atoms with Crippen LogP contribution in [0.1, 0.15) is 21.5 Å². The van der Waals surface area contributed by atoms with Gasteiger partial charge in [-0.15, -0.1) is 11.3 Å². The standard InChI is InChI=1S/C16H19FN2OS/c1-10(9-18)19(3)16(20)15-8-14(11(2)21-15)12-4-6-13(17)7-5-12/h4-8,10H,9,18H2,1-3H3. The molecule has 112 valence electrons. The smallest absolute Gasteiger partial charge is 0.263 e. The van der Waals surface area contributed by atoms with Crippen LogP contribution in [0.15, 0.2) is 30.3 Å². The Hall–Kier alpha value is -1.72. The summed E-state index contributed by atoms with van der Waals surface area (Å²) < 4.78 is 13.0. The highest BCUT2D eigenvalue weighted by Crippen LogP contribution is 2.31. The summed E-state index contributed by atoms with van der Waals surface area (Å²) in [6, 6.07) is 8.17. The molecule has 0 aliphatic carbocycles. The van der Waals surface area contributed by atoms with Crippen LogP contribution in [0.3, 0.4) is 0 Å². The quantitative estimate of drug-likeness (QED) is 0.942. The minimum absolute atomic E-state index is 0.00539. The van der Waals surface area contributed by atoms with Crippen LogP contribution in [-0.4, -0.2) is 30.4 Å². The Balaban J connectivity index is 2.31. The van der Waals surface area contributed by atoms with Gasteiger partial charge in [-0.3, -0.25) is 4.79 Å². The largest absolute Gasteiger partial charge is 0.337 e. The highest BCUT2D eigenvalue weighted by atomic mass is 32.1. The van der Waals surface area contributed by atoms with E-state index < -0.39 is 0 Å². The molecule has 21 heavy (non-hydrogen) atoms. The molecule has 2 rings (SSSR count). The molecular formula is C16H19FN2OS. The lowest BCUT2D eigenvalue weighted by atomic mass is 10.1. The number of halogens is 1. The van der Waals surface area contributed by atoms with E-state index in [2.05, 4.69) is 0 Å². The Morgan fingerprint density at radius 1 is 1.38 bits per heavy atom. The number of nitrogens with zero attached hydrogens (tertiary/aromatic N) is 1. The van der Waals surface area contributed by atoms with E-state index in [1.54, 1.807) is 24.1 Å². The number of hydrogen-bond acceptors (Lipinski definition) is 3. The fraction of sp³-hybridized carbons (Fsp3) is 0.312. The van der Waals surface area contributed by atoms with Gasteiger partial charge in [0.25, 0.3) is 5.91 Å². The molecule has 0 aliphatic rings. The third-order valence-electron chi connectivity index (χ3n) is 3.61. The predicted octanol–water partition coefficient (Wildman–Crippen LogP) is 3.28. The molecule has 1 amide bonds. The van der Waals surface area contributed by atoms with E-state index in [1.807, 2.05) is 19.9 Å². The van der Waals surface area contributed by atoms with Gasteiger partial charge in [-0.2, -0.15) is 0 Å². The molecule has 1 aromatic heterocycles. The van der Waals surface area contributed by atoms with Crippen LogP contribution in [-0.2, 0) is 0 Å². The molecule has 2 aromatic rings. The van der Waals surface area contributed by atoms with E-state index in [9.17, 15) is 9.18 Å². The summed E-state index contributed by atoms with van der Waals surface area (Å²) in [6.07, 6.45) is 0. The molecule has 1 atom stereocenters. The van der Waals surface area contributed by atoms with Gasteiger partial charge in [-0.05, 0) is 43.2 Å². The predicted molar refractivity (Wildman–Crippen MR) is 85.1 cm³/mol. The SMILES string of the molecule is Cc1sc(C(=O)N(C)C(C)CN)cc1-c1ccc(F)cc1. The lowest BCUT2D eigenvalue weighted by Crippen LogP contribution is -2.39. The van der Waals surface area contributed by atoms with Crippen LogP contribution in [0, 0.1) is 12.7 Å². The minimum atomic E-state index is -0.264. The van der Waals surface area contributed by atoms with Crippen molar-refractivity contribution in [2.75, 3.05) is 13.6 Å². The first kappa shape index (κ1) is 15.7. The second-order valence-electron chi connectivity index (χ2n) is 5.09. The van der Waals surface area contributed by atoms with Crippen molar-refractivity contribution in [3.63, 3.8) is 0 Å². The molecular weight excluding hydrogens is 287 g/mol. The number of aryl methyl sites for hydroxylation is 1. The van der Waals surface area contributed by atoms with Gasteiger partial charge in [0.2, 0.25) is 0 Å². The normalized spacial score (nSPS) is 12.2. The summed E-state index contributed by atoms with van der Waals surface area (Å²) in [6.45, 7) is 4.31. The zero-order valence-electron chi connectivity index (χ0n) is 12.4. The van der Waals surface area contributed by atoms with Crippen LogP contribution in [0.2, 0.25) is 0 Å². The molecule has 0 aliphatic heterocycles. The average Bonchev–Trinajstić information content (AvgIpc) is 2.87. The molecule has 5 heteroatoms. The van der Waals surface area contributed by atoms with Crippen molar-refractivity contribution in [2.24, 2.45) is 5.73 Å². The molecule has 0 bridgehead atoms. The zero-order valence-corrected chi connectivity index (χ0v) is 13.2. The maximum Gasteiger partial charge on any atom is 0.263 e. The Morgan fingerprint density at radius 2 is 2.00 bits per heavy atom. The zero-order chi connectivity index (χ0) is 15.6. The van der Waals surface area contributed by atoms with Crippen molar-refractivity contribution >= 4 is 17.2 Å². The highest BCUT2D eigenvalue weighted by molar-refractivity contribution is 7.14. The van der Waals surface area contributed by atoms with Crippen molar-refractivity contribution < 1.29 is 9.18 Å². The minimum Gasteiger partial charge on any atom is -0.337 e. The number of amides is 1. The average molecular weight is 306 g/mol. The third-order valence-corrected chi connectivity index (χ3v) is 4.64. The van der Waals surface area contributed by atoms with Gasteiger partial charge < -0.3 is 10.6 Å². The van der Waals surface area contributed by atoms with E-state index in [-0.39, 0.29) is 17.8 Å². The molecule has 2 N–H and O–H groups in total. The van der Waals surface area contributed by atoms with Crippen LogP contribution in [0.5, 0.6) is 0 Å². The number of carbonyl (C=O) groups is 1. The first-order valence-electron chi connectivity index (χ1n) is 6.77. The summed E-state index contributed by atoms with van der Waals surface area (Å²) >= 11 is 1.45. The van der Waals surface area contributed by atoms with Crippen LogP contribution >= 0.6 is 11.3 Å². The lowest BCUT2D eigenvalue weighted by molar-refractivity contribution is 0.0753. The second-order valence-corrected chi connectivity index (χ2v) is 6.34. The number of nitrogens with two attached hydrogens (primary N) is 1. The van der Waals surface area contributed by atoms with Gasteiger partial charge in [-0.1, -0.05) is 12.1 Å². The first-order valence-corrected chi connectivity index (χ1v) is 7.59. The molecule has 0 radical (unpaired) electrons. The number of hydrogen-bond donors (Lipinski definition) is 1. The van der Waals surface area contributed by atoms with Crippen molar-refractivity contribution in [3.05, 3.63) is 45.9 Å². The van der Waals surface area contributed by atoms with Crippen molar-refractivity contribution in [1.29, 1.82) is 0 Å². The molecule has 0 fully saturated rings. The van der Waals surface area contributed by atoms with Crippen LogP contribution in [0.4, 0.5) is 4.39 Å². The van der Waals surface area contributed by atoms with Gasteiger partial charge in [0.1, 0.15) is 5.82 Å². The van der Waals surface area contributed by atoms with Crippen LogP contribution < -0.4 is 5.73 Å². The summed E-state index contributed by atoms with van der Waals surface area (Å²) in [5, 5.41) is 0. The monoisotopic (exact) mass is 306 g/mol. The Morgan fingerprint density at radius 3 is 2.57 bits per heavy atom. The van der Waals surface area contributed by atoms with Gasteiger partial charge in [0.05, 0.1) is 4.88 Å². The summed E-state index contributed by atoms with van der Waals surface area (Å²) in [7, 11) is 1.76. The van der Waals surface area contributed by atoms with Crippen molar-refractivity contribution in [3.8, 4) is 11.1 Å². The van der Waals surface area contributed by atoms with Gasteiger partial charge in [-0.25, -0.2) is 4.39 Å². The lowest BCUT2D eigenvalue weighted by Gasteiger charge is -2.22. The van der Waals surface area contributed by atoms with Gasteiger partial charge in [0.15, 0.2) is 0 Å². The van der Waals surface area contributed by atoms with E-state index >= 15 is 0 Å².